The molecule has 0 saturated heterocycles. The maximum Gasteiger partial charge on any atom is 0.416 e. The van der Waals surface area contributed by atoms with Gasteiger partial charge in [0.25, 0.3) is 5.91 Å². The number of amides is 2. The molecule has 10 heteroatoms. The number of nitrogens with one attached hydrogen (secondary N) is 1. The number of benzene rings is 1. The Morgan fingerprint density at radius 2 is 2.14 bits per heavy atom. The number of aliphatic imine (C=N–C) groups is 1. The highest BCUT2D eigenvalue weighted by molar-refractivity contribution is 8.15. The summed E-state index contributed by atoms with van der Waals surface area (Å²) in [6, 6.07) is 2.58. The van der Waals surface area contributed by atoms with E-state index in [2.05, 4.69) is 10.3 Å². The van der Waals surface area contributed by atoms with Crippen molar-refractivity contribution in [3.8, 4) is 0 Å². The Labute approximate surface area is 132 Å². The summed E-state index contributed by atoms with van der Waals surface area (Å²) in [5.41, 5.74) is 4.24. The maximum atomic E-state index is 12.6. The molecule has 1 aliphatic heterocycles. The average molecular weight is 352 g/mol. The molecule has 22 heavy (non-hydrogen) atoms. The molecule has 2 amide bonds. The van der Waals surface area contributed by atoms with Crippen molar-refractivity contribution in [1.82, 2.24) is 0 Å². The number of halogens is 4. The Balaban J connectivity index is 2.07. The largest absolute Gasteiger partial charge is 0.416 e. The van der Waals surface area contributed by atoms with Gasteiger partial charge in [0.1, 0.15) is 5.25 Å². The Morgan fingerprint density at radius 1 is 1.45 bits per heavy atom. The van der Waals surface area contributed by atoms with Crippen LogP contribution in [0.15, 0.2) is 23.2 Å². The number of amidine groups is 1. The number of carbonyl (C=O) groups is 2. The van der Waals surface area contributed by atoms with Crippen LogP contribution in [-0.2, 0) is 15.8 Å². The van der Waals surface area contributed by atoms with Crippen LogP contribution in [0, 0.1) is 0 Å². The van der Waals surface area contributed by atoms with Crippen molar-refractivity contribution < 1.29 is 22.8 Å². The predicted molar refractivity (Wildman–Crippen MR) is 77.7 cm³/mol. The molecule has 5 nitrogen and oxygen atoms in total. The summed E-state index contributed by atoms with van der Waals surface area (Å²) in [5, 5.41) is 1.50. The average Bonchev–Trinajstić information content (AvgIpc) is 2.69. The molecule has 1 heterocycles. The molecule has 0 saturated carbocycles. The molecule has 0 radical (unpaired) electrons. The zero-order valence-electron chi connectivity index (χ0n) is 10.8. The van der Waals surface area contributed by atoms with Crippen LogP contribution in [-0.4, -0.2) is 22.2 Å². The Morgan fingerprint density at radius 3 is 2.68 bits per heavy atom. The monoisotopic (exact) mass is 351 g/mol. The Bertz CT molecular complexity index is 664. The lowest BCUT2D eigenvalue weighted by Gasteiger charge is -2.12. The quantitative estimate of drug-likeness (QED) is 0.876. The van der Waals surface area contributed by atoms with Gasteiger partial charge in [-0.2, -0.15) is 18.2 Å². The molecule has 2 rings (SSSR count). The molecule has 3 N–H and O–H groups in total. The first kappa shape index (κ1) is 16.6. The van der Waals surface area contributed by atoms with Gasteiger partial charge in [-0.1, -0.05) is 23.4 Å². The van der Waals surface area contributed by atoms with Crippen LogP contribution < -0.4 is 11.1 Å². The third-order valence-electron chi connectivity index (χ3n) is 2.70. The second-order valence-electron chi connectivity index (χ2n) is 4.34. The van der Waals surface area contributed by atoms with Gasteiger partial charge in [0.15, 0.2) is 5.17 Å². The van der Waals surface area contributed by atoms with E-state index in [1.54, 1.807) is 0 Å². The first-order chi connectivity index (χ1) is 10.2. The molecular formula is C12H9ClF3N3O2S. The van der Waals surface area contributed by atoms with E-state index in [4.69, 9.17) is 17.3 Å². The molecule has 1 aromatic rings. The van der Waals surface area contributed by atoms with Crippen LogP contribution in [0.3, 0.4) is 0 Å². The minimum absolute atomic E-state index is 0.0393. The zero-order chi connectivity index (χ0) is 16.5. The molecule has 1 atom stereocenters. The zero-order valence-corrected chi connectivity index (χ0v) is 12.4. The first-order valence-corrected chi connectivity index (χ1v) is 7.14. The predicted octanol–water partition coefficient (Wildman–Crippen LogP) is 2.64. The lowest BCUT2D eigenvalue weighted by Crippen LogP contribution is -2.22. The molecule has 0 bridgehead atoms. The van der Waals surface area contributed by atoms with Gasteiger partial charge < -0.3 is 11.1 Å². The Hall–Kier alpha value is -1.74. The van der Waals surface area contributed by atoms with Crippen molar-refractivity contribution in [2.75, 3.05) is 5.32 Å². The highest BCUT2D eigenvalue weighted by atomic mass is 35.5. The van der Waals surface area contributed by atoms with Gasteiger partial charge in [0.05, 0.1) is 16.3 Å². The minimum atomic E-state index is -4.55. The number of rotatable bonds is 3. The third kappa shape index (κ3) is 3.92. The fourth-order valence-corrected chi connectivity index (χ4v) is 2.69. The lowest BCUT2D eigenvalue weighted by atomic mass is 10.2. The number of nitrogens with zero attached hydrogens (tertiary/aromatic N) is 1. The lowest BCUT2D eigenvalue weighted by molar-refractivity contribution is -0.137. The van der Waals surface area contributed by atoms with Gasteiger partial charge in [0, 0.05) is 6.42 Å². The number of nitrogens with two attached hydrogens (primary N) is 1. The summed E-state index contributed by atoms with van der Waals surface area (Å²) < 4.78 is 37.9. The van der Waals surface area contributed by atoms with Crippen molar-refractivity contribution in [2.24, 2.45) is 10.7 Å². The summed E-state index contributed by atoms with van der Waals surface area (Å²) in [6.07, 6.45) is -4.82. The minimum Gasteiger partial charge on any atom is -0.378 e. The van der Waals surface area contributed by atoms with Crippen molar-refractivity contribution in [3.63, 3.8) is 0 Å². The van der Waals surface area contributed by atoms with E-state index >= 15 is 0 Å². The van der Waals surface area contributed by atoms with Gasteiger partial charge >= 0.3 is 6.18 Å². The van der Waals surface area contributed by atoms with Crippen LogP contribution in [0.2, 0.25) is 5.02 Å². The van der Waals surface area contributed by atoms with Crippen LogP contribution >= 0.6 is 23.4 Å². The van der Waals surface area contributed by atoms with Crippen molar-refractivity contribution in [2.45, 2.75) is 17.8 Å². The molecule has 118 valence electrons. The molecule has 0 spiro atoms. The smallest absolute Gasteiger partial charge is 0.378 e. The van der Waals surface area contributed by atoms with E-state index in [1.807, 2.05) is 0 Å². The van der Waals surface area contributed by atoms with E-state index in [1.165, 1.54) is 0 Å². The normalized spacial score (nSPS) is 18.3. The number of alkyl halides is 3. The van der Waals surface area contributed by atoms with Crippen LogP contribution in [0.4, 0.5) is 18.9 Å². The molecule has 0 fully saturated rings. The fraction of sp³-hybridized carbons (Fsp3) is 0.250. The van der Waals surface area contributed by atoms with Gasteiger partial charge in [0.2, 0.25) is 5.91 Å². The van der Waals surface area contributed by atoms with E-state index in [0.29, 0.717) is 0 Å². The number of hydrogen-bond acceptors (Lipinski definition) is 4. The fourth-order valence-electron chi connectivity index (χ4n) is 1.70. The molecule has 1 aromatic carbocycles. The standard InChI is InChI=1S/C12H9ClF3N3O2S/c13-6-2-1-5(12(14,15)16)3-7(6)18-9(20)4-8-10(21)19-11(17)22-8/h1-3,8H,4H2,(H,18,20)(H2,17,19,21)/t8-/m1/s1. The number of thioether (sulfide) groups is 1. The summed E-state index contributed by atoms with van der Waals surface area (Å²) in [5.74, 6) is -1.20. The number of carbonyl (C=O) groups excluding carboxylic acids is 2. The summed E-state index contributed by atoms with van der Waals surface area (Å²) in [4.78, 5) is 26.7. The molecular weight excluding hydrogens is 343 g/mol. The van der Waals surface area contributed by atoms with Crippen molar-refractivity contribution in [1.29, 1.82) is 0 Å². The van der Waals surface area contributed by atoms with Gasteiger partial charge in [-0.15, -0.1) is 0 Å². The number of hydrogen-bond donors (Lipinski definition) is 2. The SMILES string of the molecule is NC1=NC(=O)[C@@H](CC(=O)Nc2cc(C(F)(F)F)ccc2Cl)S1. The van der Waals surface area contributed by atoms with Crippen molar-refractivity contribution in [3.05, 3.63) is 28.8 Å². The summed E-state index contributed by atoms with van der Waals surface area (Å²) in [6.45, 7) is 0. The second kappa shape index (κ2) is 6.17. The van der Waals surface area contributed by atoms with Gasteiger partial charge in [-0.3, -0.25) is 9.59 Å². The Kier molecular flexibility index (Phi) is 4.66. The molecule has 1 aliphatic rings. The summed E-state index contributed by atoms with van der Waals surface area (Å²) in [7, 11) is 0. The van der Waals surface area contributed by atoms with Gasteiger partial charge in [-0.25, -0.2) is 0 Å². The van der Waals surface area contributed by atoms with Crippen LogP contribution in [0.5, 0.6) is 0 Å². The van der Waals surface area contributed by atoms with E-state index in [-0.39, 0.29) is 22.3 Å². The van der Waals surface area contributed by atoms with E-state index < -0.39 is 28.8 Å². The van der Waals surface area contributed by atoms with Crippen LogP contribution in [0.25, 0.3) is 0 Å². The molecule has 0 unspecified atom stereocenters. The topological polar surface area (TPSA) is 84.5 Å². The molecule has 0 aliphatic carbocycles. The second-order valence-corrected chi connectivity index (χ2v) is 5.97. The van der Waals surface area contributed by atoms with Crippen molar-refractivity contribution >= 4 is 46.0 Å². The van der Waals surface area contributed by atoms with Gasteiger partial charge in [-0.05, 0) is 18.2 Å². The van der Waals surface area contributed by atoms with Crippen LogP contribution in [0.1, 0.15) is 12.0 Å². The highest BCUT2D eigenvalue weighted by Crippen LogP contribution is 2.34. The number of anilines is 1. The third-order valence-corrected chi connectivity index (χ3v) is 4.01. The highest BCUT2D eigenvalue weighted by Gasteiger charge is 2.32. The van der Waals surface area contributed by atoms with E-state index in [0.717, 1.165) is 30.0 Å². The molecule has 0 aromatic heterocycles. The maximum absolute atomic E-state index is 12.6. The first-order valence-electron chi connectivity index (χ1n) is 5.88. The summed E-state index contributed by atoms with van der Waals surface area (Å²) >= 11 is 6.69. The van der Waals surface area contributed by atoms with E-state index in [9.17, 15) is 22.8 Å².